The van der Waals surface area contributed by atoms with Crippen molar-refractivity contribution in [1.29, 1.82) is 0 Å². The number of ether oxygens (including phenoxy) is 1. The van der Waals surface area contributed by atoms with Gasteiger partial charge in [-0.05, 0) is 43.7 Å². The average molecular weight is 318 g/mol. The first-order valence-electron chi connectivity index (χ1n) is 8.40. The zero-order chi connectivity index (χ0) is 15.9. The van der Waals surface area contributed by atoms with Crippen LogP contribution in [0.2, 0.25) is 0 Å². The van der Waals surface area contributed by atoms with Gasteiger partial charge in [-0.1, -0.05) is 0 Å². The Balaban J connectivity index is 1.38. The lowest BCUT2D eigenvalue weighted by molar-refractivity contribution is -0.170. The number of carbonyl (C=O) groups is 2. The molecule has 0 unspecified atom stereocenters. The number of carbonyl (C=O) groups excluding carboxylic acids is 2. The summed E-state index contributed by atoms with van der Waals surface area (Å²) >= 11 is 0. The fourth-order valence-corrected chi connectivity index (χ4v) is 3.54. The second-order valence-electron chi connectivity index (χ2n) is 6.96. The number of hydrogen-bond donors (Lipinski definition) is 0. The number of hydrogen-bond acceptors (Lipinski definition) is 4. The summed E-state index contributed by atoms with van der Waals surface area (Å²) in [6.45, 7) is 3.01. The highest BCUT2D eigenvalue weighted by Gasteiger charge is 2.44. The van der Waals surface area contributed by atoms with Crippen molar-refractivity contribution in [3.05, 3.63) is 24.2 Å². The Bertz CT molecular complexity index is 586. The SMILES string of the molecule is O=C1COC2(CCN(C(=O)c3ccco3)CC2)CN1CC1CC1. The van der Waals surface area contributed by atoms with Crippen LogP contribution in [0.5, 0.6) is 0 Å². The normalized spacial score (nSPS) is 24.3. The number of furan rings is 1. The van der Waals surface area contributed by atoms with Crippen LogP contribution in [0.15, 0.2) is 22.8 Å². The lowest BCUT2D eigenvalue weighted by Crippen LogP contribution is -2.59. The van der Waals surface area contributed by atoms with Crippen molar-refractivity contribution in [1.82, 2.24) is 9.80 Å². The number of morpholine rings is 1. The van der Waals surface area contributed by atoms with Crippen LogP contribution in [0.25, 0.3) is 0 Å². The smallest absolute Gasteiger partial charge is 0.289 e. The maximum absolute atomic E-state index is 12.3. The van der Waals surface area contributed by atoms with Crippen molar-refractivity contribution in [2.24, 2.45) is 5.92 Å². The molecular weight excluding hydrogens is 296 g/mol. The van der Waals surface area contributed by atoms with Gasteiger partial charge in [-0.25, -0.2) is 0 Å². The standard InChI is InChI=1S/C17H22N2O4/c20-15-11-23-17(12-19(15)10-13-3-4-13)5-7-18(8-6-17)16(21)14-2-1-9-22-14/h1-2,9,13H,3-8,10-12H2. The maximum Gasteiger partial charge on any atom is 0.289 e. The fraction of sp³-hybridized carbons (Fsp3) is 0.647. The van der Waals surface area contributed by atoms with Crippen molar-refractivity contribution < 1.29 is 18.7 Å². The van der Waals surface area contributed by atoms with Crippen LogP contribution >= 0.6 is 0 Å². The van der Waals surface area contributed by atoms with Gasteiger partial charge in [0, 0.05) is 26.2 Å². The molecule has 2 aliphatic heterocycles. The molecule has 1 saturated carbocycles. The van der Waals surface area contributed by atoms with Crippen LogP contribution in [-0.2, 0) is 9.53 Å². The molecule has 2 saturated heterocycles. The number of piperidine rings is 1. The van der Waals surface area contributed by atoms with Crippen LogP contribution in [0.4, 0.5) is 0 Å². The molecule has 0 N–H and O–H groups in total. The van der Waals surface area contributed by atoms with Gasteiger partial charge >= 0.3 is 0 Å². The van der Waals surface area contributed by atoms with E-state index < -0.39 is 0 Å². The highest BCUT2D eigenvalue weighted by atomic mass is 16.5. The first-order valence-corrected chi connectivity index (χ1v) is 8.40. The fourth-order valence-electron chi connectivity index (χ4n) is 3.54. The van der Waals surface area contributed by atoms with E-state index in [1.807, 2.05) is 9.80 Å². The summed E-state index contributed by atoms with van der Waals surface area (Å²) in [5.41, 5.74) is -0.275. The van der Waals surface area contributed by atoms with Crippen LogP contribution in [0, 0.1) is 5.92 Å². The summed E-state index contributed by atoms with van der Waals surface area (Å²) in [7, 11) is 0. The molecule has 1 aromatic heterocycles. The molecule has 124 valence electrons. The number of likely N-dealkylation sites (tertiary alicyclic amines) is 1. The molecule has 0 aromatic carbocycles. The first kappa shape index (κ1) is 14.8. The summed E-state index contributed by atoms with van der Waals surface area (Å²) in [6, 6.07) is 3.42. The molecule has 2 amide bonds. The minimum atomic E-state index is -0.275. The zero-order valence-electron chi connectivity index (χ0n) is 13.2. The summed E-state index contributed by atoms with van der Waals surface area (Å²) in [6.07, 6.45) is 5.54. The molecule has 1 aromatic rings. The van der Waals surface area contributed by atoms with Crippen molar-refractivity contribution in [3.63, 3.8) is 0 Å². The van der Waals surface area contributed by atoms with Crippen LogP contribution < -0.4 is 0 Å². The molecule has 4 rings (SSSR count). The van der Waals surface area contributed by atoms with Gasteiger partial charge in [0.05, 0.1) is 11.9 Å². The zero-order valence-corrected chi connectivity index (χ0v) is 13.2. The number of amides is 2. The molecule has 6 nitrogen and oxygen atoms in total. The lowest BCUT2D eigenvalue weighted by atomic mass is 9.89. The minimum absolute atomic E-state index is 0.0634. The third kappa shape index (κ3) is 3.00. The van der Waals surface area contributed by atoms with Gasteiger partial charge in [-0.2, -0.15) is 0 Å². The predicted molar refractivity (Wildman–Crippen MR) is 81.8 cm³/mol. The van der Waals surface area contributed by atoms with Crippen LogP contribution in [0.3, 0.4) is 0 Å². The summed E-state index contributed by atoms with van der Waals surface area (Å²) in [5, 5.41) is 0. The van der Waals surface area contributed by atoms with Gasteiger partial charge in [0.15, 0.2) is 5.76 Å². The molecule has 1 spiro atoms. The second kappa shape index (κ2) is 5.67. The quantitative estimate of drug-likeness (QED) is 0.848. The minimum Gasteiger partial charge on any atom is -0.459 e. The first-order chi connectivity index (χ1) is 11.2. The Labute approximate surface area is 135 Å². The average Bonchev–Trinajstić information content (AvgIpc) is 3.21. The van der Waals surface area contributed by atoms with Crippen molar-refractivity contribution in [2.75, 3.05) is 32.8 Å². The van der Waals surface area contributed by atoms with E-state index in [0.717, 1.165) is 19.4 Å². The monoisotopic (exact) mass is 318 g/mol. The van der Waals surface area contributed by atoms with E-state index in [1.165, 1.54) is 19.1 Å². The van der Waals surface area contributed by atoms with Gasteiger partial charge in [0.25, 0.3) is 5.91 Å². The topological polar surface area (TPSA) is 63.0 Å². The van der Waals surface area contributed by atoms with E-state index in [1.54, 1.807) is 12.1 Å². The summed E-state index contributed by atoms with van der Waals surface area (Å²) in [4.78, 5) is 28.2. The molecule has 6 heteroatoms. The Hall–Kier alpha value is -1.82. The number of rotatable bonds is 3. The number of nitrogens with zero attached hydrogens (tertiary/aromatic N) is 2. The molecule has 3 heterocycles. The van der Waals surface area contributed by atoms with Crippen LogP contribution in [0.1, 0.15) is 36.2 Å². The molecule has 1 aliphatic carbocycles. The Morgan fingerprint density at radius 1 is 1.30 bits per heavy atom. The van der Waals surface area contributed by atoms with E-state index in [2.05, 4.69) is 0 Å². The Morgan fingerprint density at radius 2 is 2.09 bits per heavy atom. The molecule has 3 aliphatic rings. The molecule has 0 atom stereocenters. The molecule has 0 bridgehead atoms. The van der Waals surface area contributed by atoms with Gasteiger partial charge in [0.2, 0.25) is 5.91 Å². The third-order valence-corrected chi connectivity index (χ3v) is 5.20. The van der Waals surface area contributed by atoms with E-state index in [4.69, 9.17) is 9.15 Å². The Morgan fingerprint density at radius 3 is 2.74 bits per heavy atom. The molecule has 0 radical (unpaired) electrons. The van der Waals surface area contributed by atoms with Crippen molar-refractivity contribution in [2.45, 2.75) is 31.3 Å². The molecule has 23 heavy (non-hydrogen) atoms. The van der Waals surface area contributed by atoms with Gasteiger partial charge in [0.1, 0.15) is 6.61 Å². The third-order valence-electron chi connectivity index (χ3n) is 5.20. The highest BCUT2D eigenvalue weighted by molar-refractivity contribution is 5.91. The summed E-state index contributed by atoms with van der Waals surface area (Å²) in [5.74, 6) is 1.12. The van der Waals surface area contributed by atoms with E-state index in [-0.39, 0.29) is 24.0 Å². The highest BCUT2D eigenvalue weighted by Crippen LogP contribution is 2.35. The van der Waals surface area contributed by atoms with Crippen LogP contribution in [-0.4, -0.2) is 60.0 Å². The Kier molecular flexibility index (Phi) is 3.64. The van der Waals surface area contributed by atoms with E-state index in [0.29, 0.717) is 31.3 Å². The second-order valence-corrected chi connectivity index (χ2v) is 6.96. The summed E-state index contributed by atoms with van der Waals surface area (Å²) < 4.78 is 11.1. The molecule has 3 fully saturated rings. The lowest BCUT2D eigenvalue weighted by Gasteiger charge is -2.47. The largest absolute Gasteiger partial charge is 0.459 e. The van der Waals surface area contributed by atoms with E-state index in [9.17, 15) is 9.59 Å². The predicted octanol–water partition coefficient (Wildman–Crippen LogP) is 1.52. The molecular formula is C17H22N2O4. The van der Waals surface area contributed by atoms with Gasteiger partial charge in [-0.3, -0.25) is 9.59 Å². The van der Waals surface area contributed by atoms with E-state index >= 15 is 0 Å². The van der Waals surface area contributed by atoms with Crippen molar-refractivity contribution in [3.8, 4) is 0 Å². The van der Waals surface area contributed by atoms with Gasteiger partial charge < -0.3 is 19.0 Å². The van der Waals surface area contributed by atoms with Gasteiger partial charge in [-0.15, -0.1) is 0 Å². The maximum atomic E-state index is 12.3. The van der Waals surface area contributed by atoms with Crippen molar-refractivity contribution >= 4 is 11.8 Å².